The molecule has 0 spiro atoms. The van der Waals surface area contributed by atoms with Crippen molar-refractivity contribution in [1.82, 2.24) is 10.3 Å². The molecule has 1 saturated heterocycles. The number of carboxylic acid groups (broad SMARTS) is 1. The maximum absolute atomic E-state index is 12.5. The Labute approximate surface area is 159 Å². The zero-order valence-corrected chi connectivity index (χ0v) is 15.5. The number of carbonyl (C=O) groups excluding carboxylic acids is 2. The lowest BCUT2D eigenvalue weighted by atomic mass is 10.1. The van der Waals surface area contributed by atoms with Crippen LogP contribution in [0.25, 0.3) is 0 Å². The van der Waals surface area contributed by atoms with E-state index in [4.69, 9.17) is 9.84 Å². The van der Waals surface area contributed by atoms with Gasteiger partial charge in [0.2, 0.25) is 0 Å². The maximum Gasteiger partial charge on any atom is 0.322 e. The van der Waals surface area contributed by atoms with Gasteiger partial charge in [-0.2, -0.15) is 0 Å². The second kappa shape index (κ2) is 8.28. The van der Waals surface area contributed by atoms with Crippen LogP contribution in [0.2, 0.25) is 0 Å². The molecule has 1 unspecified atom stereocenters. The zero-order chi connectivity index (χ0) is 19.4. The normalized spacial score (nSPS) is 16.1. The van der Waals surface area contributed by atoms with Gasteiger partial charge >= 0.3 is 5.97 Å². The molecule has 0 saturated carbocycles. The third kappa shape index (κ3) is 4.69. The highest BCUT2D eigenvalue weighted by atomic mass is 32.1. The summed E-state index contributed by atoms with van der Waals surface area (Å²) >= 11 is 1.38. The molecule has 3 N–H and O–H groups in total. The number of aryl methyl sites for hydroxylation is 1. The van der Waals surface area contributed by atoms with Gasteiger partial charge in [-0.05, 0) is 37.6 Å². The van der Waals surface area contributed by atoms with Crippen LogP contribution in [0.3, 0.4) is 0 Å². The average molecular weight is 389 g/mol. The molecule has 3 rings (SSSR count). The lowest BCUT2D eigenvalue weighted by Crippen LogP contribution is -2.29. The maximum atomic E-state index is 12.5. The number of ether oxygens (including phenoxy) is 1. The number of thiazole rings is 1. The Morgan fingerprint density at radius 3 is 2.63 bits per heavy atom. The van der Waals surface area contributed by atoms with Crippen molar-refractivity contribution in [3.05, 3.63) is 45.4 Å². The fourth-order valence-corrected chi connectivity index (χ4v) is 3.76. The molecule has 0 aliphatic carbocycles. The van der Waals surface area contributed by atoms with Crippen molar-refractivity contribution in [2.24, 2.45) is 0 Å². The van der Waals surface area contributed by atoms with E-state index < -0.39 is 18.4 Å². The molecule has 142 valence electrons. The third-order valence-electron chi connectivity index (χ3n) is 4.10. The van der Waals surface area contributed by atoms with E-state index in [-0.39, 0.29) is 11.8 Å². The Hall–Kier alpha value is -2.78. The van der Waals surface area contributed by atoms with E-state index in [1.165, 1.54) is 23.5 Å². The number of carbonyl (C=O) groups is 3. The van der Waals surface area contributed by atoms with E-state index in [1.807, 2.05) is 0 Å². The minimum atomic E-state index is -1.12. The van der Waals surface area contributed by atoms with Gasteiger partial charge in [-0.1, -0.05) is 0 Å². The van der Waals surface area contributed by atoms with Gasteiger partial charge < -0.3 is 20.5 Å². The largest absolute Gasteiger partial charge is 0.480 e. The van der Waals surface area contributed by atoms with Crippen LogP contribution in [0, 0.1) is 6.92 Å². The lowest BCUT2D eigenvalue weighted by Gasteiger charge is -2.06. The number of hydrogen-bond donors (Lipinski definition) is 3. The highest BCUT2D eigenvalue weighted by molar-refractivity contribution is 7.14. The summed E-state index contributed by atoms with van der Waals surface area (Å²) in [7, 11) is 0. The zero-order valence-electron chi connectivity index (χ0n) is 14.7. The molecule has 1 aliphatic rings. The summed E-state index contributed by atoms with van der Waals surface area (Å²) in [6.45, 7) is 2.72. The van der Waals surface area contributed by atoms with Crippen LogP contribution < -0.4 is 10.6 Å². The Balaban J connectivity index is 1.64. The van der Waals surface area contributed by atoms with Crippen LogP contribution >= 0.6 is 11.3 Å². The number of anilines is 1. The monoisotopic (exact) mass is 389 g/mol. The molecule has 8 nitrogen and oxygen atoms in total. The van der Waals surface area contributed by atoms with Crippen molar-refractivity contribution >= 4 is 34.8 Å². The highest BCUT2D eigenvalue weighted by Crippen LogP contribution is 2.31. The van der Waals surface area contributed by atoms with Gasteiger partial charge in [0, 0.05) is 23.8 Å². The molecule has 0 radical (unpaired) electrons. The van der Waals surface area contributed by atoms with E-state index in [2.05, 4.69) is 15.6 Å². The predicted octanol–water partition coefficient (Wildman–Crippen LogP) is 2.02. The number of aliphatic carboxylic acids is 1. The Kier molecular flexibility index (Phi) is 5.82. The molecule has 2 aromatic rings. The van der Waals surface area contributed by atoms with Gasteiger partial charge in [-0.25, -0.2) is 4.98 Å². The van der Waals surface area contributed by atoms with Crippen LogP contribution in [0.1, 0.15) is 43.1 Å². The summed E-state index contributed by atoms with van der Waals surface area (Å²) in [6, 6.07) is 6.23. The quantitative estimate of drug-likeness (QED) is 0.696. The van der Waals surface area contributed by atoms with E-state index >= 15 is 0 Å². The molecular weight excluding hydrogens is 370 g/mol. The average Bonchev–Trinajstić information content (AvgIpc) is 3.29. The van der Waals surface area contributed by atoms with E-state index in [0.29, 0.717) is 28.4 Å². The lowest BCUT2D eigenvalue weighted by molar-refractivity contribution is -0.135. The number of nitrogens with one attached hydrogen (secondary N) is 2. The molecule has 2 amide bonds. The molecule has 27 heavy (non-hydrogen) atoms. The van der Waals surface area contributed by atoms with Gasteiger partial charge in [0.25, 0.3) is 11.8 Å². The molecular formula is C18H19N3O5S. The summed E-state index contributed by atoms with van der Waals surface area (Å²) in [5.74, 6) is -1.61. The van der Waals surface area contributed by atoms with Crippen molar-refractivity contribution in [1.29, 1.82) is 0 Å². The summed E-state index contributed by atoms with van der Waals surface area (Å²) in [4.78, 5) is 39.9. The van der Waals surface area contributed by atoms with Crippen LogP contribution in [0.5, 0.6) is 0 Å². The number of nitrogens with zero attached hydrogens (tertiary/aromatic N) is 1. The van der Waals surface area contributed by atoms with Crippen LogP contribution in [-0.4, -0.2) is 47.6 Å². The summed E-state index contributed by atoms with van der Waals surface area (Å²) in [5, 5.41) is 14.6. The molecule has 2 heterocycles. The summed E-state index contributed by atoms with van der Waals surface area (Å²) in [6.07, 6.45) is 0.916. The topological polar surface area (TPSA) is 118 Å². The molecule has 1 atom stereocenters. The van der Waals surface area contributed by atoms with Gasteiger partial charge in [-0.15, -0.1) is 11.3 Å². The number of rotatable bonds is 6. The number of carboxylic acids is 1. The predicted molar refractivity (Wildman–Crippen MR) is 99.4 cm³/mol. The second-order valence-electron chi connectivity index (χ2n) is 6.14. The Morgan fingerprint density at radius 2 is 2.00 bits per heavy atom. The first-order chi connectivity index (χ1) is 12.9. The molecule has 9 heteroatoms. The van der Waals surface area contributed by atoms with Crippen LogP contribution in [0.15, 0.2) is 24.3 Å². The molecule has 1 aliphatic heterocycles. The second-order valence-corrected chi connectivity index (χ2v) is 7.17. The fourth-order valence-electron chi connectivity index (χ4n) is 2.68. The Morgan fingerprint density at radius 1 is 1.26 bits per heavy atom. The summed E-state index contributed by atoms with van der Waals surface area (Å²) < 4.78 is 5.38. The van der Waals surface area contributed by atoms with E-state index in [9.17, 15) is 14.4 Å². The van der Waals surface area contributed by atoms with Crippen molar-refractivity contribution in [3.63, 3.8) is 0 Å². The van der Waals surface area contributed by atoms with Crippen molar-refractivity contribution in [3.8, 4) is 0 Å². The van der Waals surface area contributed by atoms with Gasteiger partial charge in [0.05, 0.1) is 17.3 Å². The van der Waals surface area contributed by atoms with E-state index in [0.717, 1.165) is 18.0 Å². The van der Waals surface area contributed by atoms with E-state index in [1.54, 1.807) is 19.1 Å². The molecule has 1 fully saturated rings. The minimum absolute atomic E-state index is 0.249. The van der Waals surface area contributed by atoms with Crippen molar-refractivity contribution in [2.45, 2.75) is 19.3 Å². The molecule has 1 aromatic carbocycles. The fraction of sp³-hybridized carbons (Fsp3) is 0.333. The van der Waals surface area contributed by atoms with Crippen molar-refractivity contribution in [2.75, 3.05) is 25.1 Å². The minimum Gasteiger partial charge on any atom is -0.480 e. The van der Waals surface area contributed by atoms with Gasteiger partial charge in [-0.3, -0.25) is 14.4 Å². The smallest absolute Gasteiger partial charge is 0.322 e. The first kappa shape index (κ1) is 19.0. The van der Waals surface area contributed by atoms with Crippen LogP contribution in [0.4, 0.5) is 5.69 Å². The Bertz CT molecular complexity index is 856. The number of aromatic nitrogens is 1. The number of amides is 2. The van der Waals surface area contributed by atoms with Crippen molar-refractivity contribution < 1.29 is 24.2 Å². The first-order valence-corrected chi connectivity index (χ1v) is 9.22. The SMILES string of the molecule is Cc1nc(C2CCOC2)sc1C(=O)Nc1ccc(C(=O)NCC(=O)O)cc1. The first-order valence-electron chi connectivity index (χ1n) is 8.40. The van der Waals surface area contributed by atoms with Gasteiger partial charge in [0.1, 0.15) is 11.4 Å². The number of benzene rings is 1. The summed E-state index contributed by atoms with van der Waals surface area (Å²) in [5.41, 5.74) is 1.53. The van der Waals surface area contributed by atoms with Gasteiger partial charge in [0.15, 0.2) is 0 Å². The highest BCUT2D eigenvalue weighted by Gasteiger charge is 2.24. The molecule has 0 bridgehead atoms. The molecule has 1 aromatic heterocycles. The van der Waals surface area contributed by atoms with Crippen LogP contribution in [-0.2, 0) is 9.53 Å². The third-order valence-corrected chi connectivity index (χ3v) is 5.42. The standard InChI is InChI=1S/C18H19N3O5S/c1-10-15(27-18(20-10)12-6-7-26-9-12)17(25)21-13-4-2-11(3-5-13)16(24)19-8-14(22)23/h2-5,12H,6-9H2,1H3,(H,19,24)(H,21,25)(H,22,23). The number of hydrogen-bond acceptors (Lipinski definition) is 6.